The second-order valence-corrected chi connectivity index (χ2v) is 3.93. The number of ether oxygens (including phenoxy) is 2. The number of benzene rings is 2. The van der Waals surface area contributed by atoms with Gasteiger partial charge in [0.2, 0.25) is 0 Å². The van der Waals surface area contributed by atoms with E-state index in [9.17, 15) is 4.39 Å². The molecule has 0 aliphatic heterocycles. The second-order valence-electron chi connectivity index (χ2n) is 3.93. The van der Waals surface area contributed by atoms with Crippen molar-refractivity contribution in [3.8, 4) is 11.5 Å². The van der Waals surface area contributed by atoms with E-state index in [1.807, 2.05) is 0 Å². The fraction of sp³-hybridized carbons (Fsp3) is 0.143. The van der Waals surface area contributed by atoms with Gasteiger partial charge in [0, 0.05) is 17.8 Å². The van der Waals surface area contributed by atoms with Crippen LogP contribution >= 0.6 is 0 Å². The Labute approximate surface area is 111 Å². The number of nitrogens with two attached hydrogens (primary N) is 1. The zero-order valence-electron chi connectivity index (χ0n) is 10.7. The van der Waals surface area contributed by atoms with Gasteiger partial charge in [-0.1, -0.05) is 0 Å². The van der Waals surface area contributed by atoms with Crippen molar-refractivity contribution < 1.29 is 13.9 Å². The van der Waals surface area contributed by atoms with Crippen molar-refractivity contribution in [2.75, 3.05) is 25.3 Å². The third kappa shape index (κ3) is 2.88. The average Bonchev–Trinajstić information content (AvgIpc) is 2.43. The second kappa shape index (κ2) is 5.48. The van der Waals surface area contributed by atoms with E-state index < -0.39 is 5.82 Å². The highest BCUT2D eigenvalue weighted by Crippen LogP contribution is 2.29. The molecule has 0 fully saturated rings. The molecule has 0 radical (unpaired) electrons. The molecule has 4 nitrogen and oxygen atoms in total. The van der Waals surface area contributed by atoms with Gasteiger partial charge in [-0.3, -0.25) is 0 Å². The van der Waals surface area contributed by atoms with Crippen LogP contribution < -0.4 is 20.5 Å². The number of halogens is 1. The maximum atomic E-state index is 13.3. The number of nitrogens with one attached hydrogen (secondary N) is 1. The Bertz CT molecular complexity index is 588. The highest BCUT2D eigenvalue weighted by Gasteiger charge is 2.06. The van der Waals surface area contributed by atoms with E-state index in [0.29, 0.717) is 17.1 Å². The number of nitrogen functional groups attached to an aromatic ring is 1. The van der Waals surface area contributed by atoms with Crippen LogP contribution in [0.2, 0.25) is 0 Å². The maximum absolute atomic E-state index is 13.3. The van der Waals surface area contributed by atoms with Crippen LogP contribution in [-0.2, 0) is 0 Å². The lowest BCUT2D eigenvalue weighted by Gasteiger charge is -2.12. The molecule has 5 heteroatoms. The first-order chi connectivity index (χ1) is 9.13. The predicted molar refractivity (Wildman–Crippen MR) is 73.6 cm³/mol. The topological polar surface area (TPSA) is 56.5 Å². The molecule has 2 aromatic rings. The zero-order valence-corrected chi connectivity index (χ0v) is 10.7. The Kier molecular flexibility index (Phi) is 3.75. The SMILES string of the molecule is COc1ccc(Nc2ccc(F)c(OC)c2)c(N)c1. The summed E-state index contributed by atoms with van der Waals surface area (Å²) in [6.07, 6.45) is 0. The van der Waals surface area contributed by atoms with Crippen LogP contribution in [0.15, 0.2) is 36.4 Å². The molecule has 100 valence electrons. The Morgan fingerprint density at radius 3 is 2.47 bits per heavy atom. The molecule has 0 saturated carbocycles. The molecule has 0 unspecified atom stereocenters. The van der Waals surface area contributed by atoms with E-state index in [0.717, 1.165) is 5.69 Å². The van der Waals surface area contributed by atoms with Gasteiger partial charge in [-0.25, -0.2) is 4.39 Å². The molecular formula is C14H15FN2O2. The molecule has 0 aromatic heterocycles. The van der Waals surface area contributed by atoms with Crippen LogP contribution in [-0.4, -0.2) is 14.2 Å². The minimum atomic E-state index is -0.407. The number of hydrogen-bond donors (Lipinski definition) is 2. The largest absolute Gasteiger partial charge is 0.497 e. The third-order valence-corrected chi connectivity index (χ3v) is 2.69. The van der Waals surface area contributed by atoms with Gasteiger partial charge in [0.05, 0.1) is 25.6 Å². The van der Waals surface area contributed by atoms with E-state index in [-0.39, 0.29) is 5.75 Å². The molecule has 19 heavy (non-hydrogen) atoms. The van der Waals surface area contributed by atoms with E-state index >= 15 is 0 Å². The quantitative estimate of drug-likeness (QED) is 0.831. The van der Waals surface area contributed by atoms with Gasteiger partial charge >= 0.3 is 0 Å². The predicted octanol–water partition coefficient (Wildman–Crippen LogP) is 3.17. The number of hydrogen-bond acceptors (Lipinski definition) is 4. The minimum absolute atomic E-state index is 0.178. The Morgan fingerprint density at radius 2 is 1.84 bits per heavy atom. The molecule has 2 aromatic carbocycles. The lowest BCUT2D eigenvalue weighted by Crippen LogP contribution is -1.98. The number of rotatable bonds is 4. The standard InChI is InChI=1S/C14H15FN2O2/c1-18-10-4-6-13(12(16)8-10)17-9-3-5-11(15)14(7-9)19-2/h3-8,17H,16H2,1-2H3. The van der Waals surface area contributed by atoms with Gasteiger partial charge in [0.15, 0.2) is 11.6 Å². The zero-order chi connectivity index (χ0) is 13.8. The molecule has 0 aliphatic rings. The van der Waals surface area contributed by atoms with Gasteiger partial charge in [0.25, 0.3) is 0 Å². The lowest BCUT2D eigenvalue weighted by molar-refractivity contribution is 0.387. The molecule has 0 atom stereocenters. The van der Waals surface area contributed by atoms with Crippen LogP contribution in [0.25, 0.3) is 0 Å². The van der Waals surface area contributed by atoms with Crippen molar-refractivity contribution in [1.82, 2.24) is 0 Å². The summed E-state index contributed by atoms with van der Waals surface area (Å²) in [5.41, 5.74) is 7.85. The smallest absolute Gasteiger partial charge is 0.165 e. The first-order valence-corrected chi connectivity index (χ1v) is 5.68. The molecule has 0 spiro atoms. The summed E-state index contributed by atoms with van der Waals surface area (Å²) in [5.74, 6) is 0.451. The van der Waals surface area contributed by atoms with Crippen LogP contribution in [0.4, 0.5) is 21.5 Å². The molecule has 0 heterocycles. The maximum Gasteiger partial charge on any atom is 0.165 e. The van der Waals surface area contributed by atoms with Gasteiger partial charge < -0.3 is 20.5 Å². The van der Waals surface area contributed by atoms with Gasteiger partial charge in [-0.15, -0.1) is 0 Å². The monoisotopic (exact) mass is 262 g/mol. The van der Waals surface area contributed by atoms with Gasteiger partial charge in [-0.05, 0) is 24.3 Å². The summed E-state index contributed by atoms with van der Waals surface area (Å²) in [5, 5.41) is 3.10. The minimum Gasteiger partial charge on any atom is -0.497 e. The Hall–Kier alpha value is -2.43. The van der Waals surface area contributed by atoms with Crippen LogP contribution in [0, 0.1) is 5.82 Å². The van der Waals surface area contributed by atoms with Crippen LogP contribution in [0.1, 0.15) is 0 Å². The summed E-state index contributed by atoms with van der Waals surface area (Å²) >= 11 is 0. The summed E-state index contributed by atoms with van der Waals surface area (Å²) in [7, 11) is 3.00. The molecule has 3 N–H and O–H groups in total. The summed E-state index contributed by atoms with van der Waals surface area (Å²) in [4.78, 5) is 0. The van der Waals surface area contributed by atoms with Gasteiger partial charge in [0.1, 0.15) is 5.75 Å². The number of methoxy groups -OCH3 is 2. The third-order valence-electron chi connectivity index (χ3n) is 2.69. The van der Waals surface area contributed by atoms with E-state index in [1.54, 1.807) is 37.4 Å². The first-order valence-electron chi connectivity index (χ1n) is 5.68. The fourth-order valence-corrected chi connectivity index (χ4v) is 1.67. The van der Waals surface area contributed by atoms with E-state index in [2.05, 4.69) is 5.32 Å². The molecular weight excluding hydrogens is 247 g/mol. The van der Waals surface area contributed by atoms with Crippen molar-refractivity contribution in [2.45, 2.75) is 0 Å². The summed E-state index contributed by atoms with van der Waals surface area (Å²) in [6, 6.07) is 9.81. The molecule has 0 aliphatic carbocycles. The number of anilines is 3. The van der Waals surface area contributed by atoms with Crippen molar-refractivity contribution in [3.63, 3.8) is 0 Å². The Morgan fingerprint density at radius 1 is 1.05 bits per heavy atom. The highest BCUT2D eigenvalue weighted by atomic mass is 19.1. The van der Waals surface area contributed by atoms with E-state index in [4.69, 9.17) is 15.2 Å². The van der Waals surface area contributed by atoms with Crippen molar-refractivity contribution in [3.05, 3.63) is 42.2 Å². The average molecular weight is 262 g/mol. The van der Waals surface area contributed by atoms with Crippen LogP contribution in [0.5, 0.6) is 11.5 Å². The van der Waals surface area contributed by atoms with Gasteiger partial charge in [-0.2, -0.15) is 0 Å². The fourth-order valence-electron chi connectivity index (χ4n) is 1.67. The van der Waals surface area contributed by atoms with Crippen molar-refractivity contribution in [2.24, 2.45) is 0 Å². The van der Waals surface area contributed by atoms with Crippen molar-refractivity contribution >= 4 is 17.1 Å². The Balaban J connectivity index is 2.26. The lowest BCUT2D eigenvalue weighted by atomic mass is 10.2. The summed E-state index contributed by atoms with van der Waals surface area (Å²) < 4.78 is 23.3. The summed E-state index contributed by atoms with van der Waals surface area (Å²) in [6.45, 7) is 0. The highest BCUT2D eigenvalue weighted by molar-refractivity contribution is 5.74. The molecule has 2 rings (SSSR count). The van der Waals surface area contributed by atoms with E-state index in [1.165, 1.54) is 13.2 Å². The molecule has 0 amide bonds. The first kappa shape index (κ1) is 13.0. The molecule has 0 bridgehead atoms. The normalized spacial score (nSPS) is 10.1. The molecule has 0 saturated heterocycles. The van der Waals surface area contributed by atoms with Crippen molar-refractivity contribution in [1.29, 1.82) is 0 Å². The van der Waals surface area contributed by atoms with Crippen LogP contribution in [0.3, 0.4) is 0 Å².